The Bertz CT molecular complexity index is 1030. The van der Waals surface area contributed by atoms with Crippen molar-refractivity contribution in [3.05, 3.63) is 67.7 Å². The zero-order valence-corrected chi connectivity index (χ0v) is 14.2. The lowest BCUT2D eigenvalue weighted by atomic mass is 10.0. The van der Waals surface area contributed by atoms with Gasteiger partial charge in [-0.1, -0.05) is 6.07 Å². The van der Waals surface area contributed by atoms with Gasteiger partial charge in [-0.05, 0) is 38.5 Å². The Kier molecular flexibility index (Phi) is 3.89. The van der Waals surface area contributed by atoms with Crippen LogP contribution in [0.15, 0.2) is 44.5 Å². The predicted octanol–water partition coefficient (Wildman–Crippen LogP) is 2.80. The molecule has 0 unspecified atom stereocenters. The fourth-order valence-corrected chi connectivity index (χ4v) is 2.93. The maximum atomic E-state index is 12.6. The molecule has 0 saturated carbocycles. The van der Waals surface area contributed by atoms with Gasteiger partial charge < -0.3 is 14.7 Å². The number of benzene rings is 1. The maximum Gasteiger partial charge on any atom is 0.253 e. The fraction of sp³-hybridized carbons (Fsp3) is 0.263. The minimum absolute atomic E-state index is 0.0752. The van der Waals surface area contributed by atoms with Gasteiger partial charge in [0.2, 0.25) is 0 Å². The summed E-state index contributed by atoms with van der Waals surface area (Å²) in [5.41, 5.74) is 9.39. The van der Waals surface area contributed by atoms with Crippen molar-refractivity contribution < 1.29 is 4.42 Å². The van der Waals surface area contributed by atoms with E-state index in [1.54, 1.807) is 26.2 Å². The lowest BCUT2D eigenvalue weighted by molar-refractivity contribution is 0.606. The van der Waals surface area contributed by atoms with Crippen LogP contribution in [0.2, 0.25) is 0 Å². The predicted molar refractivity (Wildman–Crippen MR) is 95.2 cm³/mol. The summed E-state index contributed by atoms with van der Waals surface area (Å²) in [6.07, 6.45) is 1.67. The zero-order chi connectivity index (χ0) is 17.6. The first-order valence-corrected chi connectivity index (χ1v) is 7.79. The van der Waals surface area contributed by atoms with Gasteiger partial charge in [0.1, 0.15) is 11.3 Å². The number of fused-ring (bicyclic) bond motifs is 1. The molecule has 0 amide bonds. The van der Waals surface area contributed by atoms with Crippen LogP contribution < -0.4 is 16.7 Å². The molecular formula is C19H20N2O3. The van der Waals surface area contributed by atoms with E-state index in [0.717, 1.165) is 11.1 Å². The molecule has 5 nitrogen and oxygen atoms in total. The second-order valence-corrected chi connectivity index (χ2v) is 6.32. The Morgan fingerprint density at radius 3 is 2.46 bits per heavy atom. The average Bonchev–Trinajstić information content (AvgIpc) is 2.51. The first kappa shape index (κ1) is 16.2. The second kappa shape index (κ2) is 5.76. The van der Waals surface area contributed by atoms with Crippen LogP contribution in [0, 0.1) is 13.8 Å². The van der Waals surface area contributed by atoms with Crippen molar-refractivity contribution in [3.63, 3.8) is 0 Å². The molecule has 0 radical (unpaired) electrons. The molecule has 1 atom stereocenters. The van der Waals surface area contributed by atoms with Crippen LogP contribution in [-0.4, -0.2) is 4.57 Å². The Morgan fingerprint density at radius 2 is 1.83 bits per heavy atom. The number of hydrogen-bond donors (Lipinski definition) is 1. The van der Waals surface area contributed by atoms with E-state index in [1.165, 1.54) is 10.6 Å². The smallest absolute Gasteiger partial charge is 0.253 e. The first-order valence-electron chi connectivity index (χ1n) is 7.79. The van der Waals surface area contributed by atoms with Gasteiger partial charge in [-0.15, -0.1) is 0 Å². The Morgan fingerprint density at radius 1 is 1.12 bits per heavy atom. The van der Waals surface area contributed by atoms with Crippen LogP contribution in [0.3, 0.4) is 0 Å². The molecule has 3 rings (SSSR count). The number of aryl methyl sites for hydroxylation is 3. The van der Waals surface area contributed by atoms with E-state index in [0.29, 0.717) is 27.9 Å². The molecule has 0 spiro atoms. The zero-order valence-electron chi connectivity index (χ0n) is 14.2. The lowest BCUT2D eigenvalue weighted by Crippen LogP contribution is -2.18. The Balaban J connectivity index is 2.36. The van der Waals surface area contributed by atoms with Gasteiger partial charge >= 0.3 is 0 Å². The summed E-state index contributed by atoms with van der Waals surface area (Å²) in [4.78, 5) is 24.4. The summed E-state index contributed by atoms with van der Waals surface area (Å²) in [7, 11) is 1.68. The molecule has 0 saturated heterocycles. The van der Waals surface area contributed by atoms with E-state index in [9.17, 15) is 9.59 Å². The maximum absolute atomic E-state index is 12.6. The molecule has 24 heavy (non-hydrogen) atoms. The van der Waals surface area contributed by atoms with Crippen LogP contribution in [-0.2, 0) is 7.05 Å². The molecule has 0 aliphatic carbocycles. The summed E-state index contributed by atoms with van der Waals surface area (Å²) in [5.74, 6) is 0.428. The lowest BCUT2D eigenvalue weighted by Gasteiger charge is -2.12. The molecule has 0 fully saturated rings. The van der Waals surface area contributed by atoms with Gasteiger partial charge in [0, 0.05) is 42.0 Å². The minimum atomic E-state index is -0.257. The van der Waals surface area contributed by atoms with E-state index in [1.807, 2.05) is 26.0 Å². The first-order chi connectivity index (χ1) is 11.3. The van der Waals surface area contributed by atoms with Gasteiger partial charge in [0.15, 0.2) is 5.43 Å². The van der Waals surface area contributed by atoms with Crippen molar-refractivity contribution in [2.75, 3.05) is 0 Å². The third kappa shape index (κ3) is 2.67. The van der Waals surface area contributed by atoms with Gasteiger partial charge in [0.25, 0.3) is 5.56 Å². The molecule has 3 aromatic rings. The van der Waals surface area contributed by atoms with Gasteiger partial charge in [-0.2, -0.15) is 0 Å². The topological polar surface area (TPSA) is 78.2 Å². The third-order valence-electron chi connectivity index (χ3n) is 4.14. The Labute approximate surface area is 139 Å². The molecular weight excluding hydrogens is 304 g/mol. The van der Waals surface area contributed by atoms with E-state index in [2.05, 4.69) is 0 Å². The van der Waals surface area contributed by atoms with Crippen molar-refractivity contribution in [2.24, 2.45) is 12.8 Å². The summed E-state index contributed by atoms with van der Waals surface area (Å²) < 4.78 is 7.51. The molecule has 124 valence electrons. The molecule has 1 aromatic carbocycles. The number of hydrogen-bond acceptors (Lipinski definition) is 4. The largest absolute Gasteiger partial charge is 0.455 e. The van der Waals surface area contributed by atoms with E-state index < -0.39 is 0 Å². The van der Waals surface area contributed by atoms with Gasteiger partial charge in [0.05, 0.1) is 5.39 Å². The van der Waals surface area contributed by atoms with Crippen molar-refractivity contribution in [2.45, 2.75) is 26.8 Å². The fourth-order valence-electron chi connectivity index (χ4n) is 2.93. The molecule has 2 N–H and O–H groups in total. The minimum Gasteiger partial charge on any atom is -0.455 e. The van der Waals surface area contributed by atoms with Crippen LogP contribution in [0.1, 0.15) is 29.7 Å². The highest BCUT2D eigenvalue weighted by atomic mass is 16.3. The summed E-state index contributed by atoms with van der Waals surface area (Å²) >= 11 is 0. The number of nitrogens with two attached hydrogens (primary N) is 1. The molecule has 2 heterocycles. The molecule has 2 aromatic heterocycles. The molecule has 0 bridgehead atoms. The highest BCUT2D eigenvalue weighted by Gasteiger charge is 2.14. The van der Waals surface area contributed by atoms with Crippen molar-refractivity contribution in [1.29, 1.82) is 0 Å². The van der Waals surface area contributed by atoms with Crippen molar-refractivity contribution in [1.82, 2.24) is 4.57 Å². The second-order valence-electron chi connectivity index (χ2n) is 6.32. The Hall–Kier alpha value is -2.66. The number of aromatic nitrogens is 1. The number of nitrogens with zero attached hydrogens (tertiary/aromatic N) is 1. The average molecular weight is 324 g/mol. The SMILES string of the molecule is Cc1cc([C@@H](C)N)c2oc(-c3cc(C)c(=O)n(C)c3)cc(=O)c2c1. The summed E-state index contributed by atoms with van der Waals surface area (Å²) in [6.45, 7) is 5.52. The molecule has 0 aliphatic heterocycles. The van der Waals surface area contributed by atoms with Crippen LogP contribution in [0.4, 0.5) is 0 Å². The van der Waals surface area contributed by atoms with Crippen LogP contribution in [0.5, 0.6) is 0 Å². The number of pyridine rings is 1. The van der Waals surface area contributed by atoms with E-state index in [4.69, 9.17) is 10.2 Å². The molecule has 5 heteroatoms. The van der Waals surface area contributed by atoms with Gasteiger partial charge in [-0.3, -0.25) is 9.59 Å². The monoisotopic (exact) mass is 324 g/mol. The summed E-state index contributed by atoms with van der Waals surface area (Å²) in [5, 5.41) is 0.521. The van der Waals surface area contributed by atoms with Crippen molar-refractivity contribution >= 4 is 11.0 Å². The van der Waals surface area contributed by atoms with E-state index >= 15 is 0 Å². The normalized spacial score (nSPS) is 12.5. The van der Waals surface area contributed by atoms with E-state index in [-0.39, 0.29) is 17.0 Å². The van der Waals surface area contributed by atoms with Crippen LogP contribution >= 0.6 is 0 Å². The standard InChI is InChI=1S/C19H20N2O3/c1-10-5-14(12(3)20)18-15(6-10)16(22)8-17(24-18)13-7-11(2)19(23)21(4)9-13/h5-9,12H,20H2,1-4H3/t12-/m1/s1. The summed E-state index contributed by atoms with van der Waals surface area (Å²) in [6, 6.07) is 6.68. The van der Waals surface area contributed by atoms with Crippen LogP contribution in [0.25, 0.3) is 22.3 Å². The highest BCUT2D eigenvalue weighted by Crippen LogP contribution is 2.27. The highest BCUT2D eigenvalue weighted by molar-refractivity contribution is 5.83. The van der Waals surface area contributed by atoms with Crippen molar-refractivity contribution in [3.8, 4) is 11.3 Å². The number of rotatable bonds is 2. The molecule has 0 aliphatic rings. The quantitative estimate of drug-likeness (QED) is 0.786. The van der Waals surface area contributed by atoms with Gasteiger partial charge in [-0.25, -0.2) is 0 Å². The third-order valence-corrected chi connectivity index (χ3v) is 4.14.